The molecule has 0 fully saturated rings. The number of rotatable bonds is 7. The van der Waals surface area contributed by atoms with E-state index in [1.165, 1.54) is 0 Å². The van der Waals surface area contributed by atoms with Crippen LogP contribution in [0.15, 0.2) is 97.2 Å². The van der Waals surface area contributed by atoms with E-state index in [-0.39, 0.29) is 30.6 Å². The molecule has 4 aromatic rings. The number of nitrogens with zero attached hydrogens (tertiary/aromatic N) is 3. The summed E-state index contributed by atoms with van der Waals surface area (Å²) in [6.45, 7) is 4.97. The van der Waals surface area contributed by atoms with Gasteiger partial charge in [-0.15, -0.1) is 0 Å². The largest absolute Gasteiger partial charge is 0.457 e. The molecule has 1 aliphatic rings. The number of anilines is 1. The lowest BCUT2D eigenvalue weighted by Gasteiger charge is -2.39. The summed E-state index contributed by atoms with van der Waals surface area (Å²) >= 11 is 5.98. The van der Waals surface area contributed by atoms with E-state index in [2.05, 4.69) is 9.88 Å². The monoisotopic (exact) mass is 542 g/mol. The van der Waals surface area contributed by atoms with E-state index in [4.69, 9.17) is 16.3 Å². The molecule has 3 amide bonds. The van der Waals surface area contributed by atoms with Gasteiger partial charge >= 0.3 is 6.03 Å². The first kappa shape index (κ1) is 26.4. The Kier molecular flexibility index (Phi) is 7.89. The third-order valence-corrected chi connectivity index (χ3v) is 7.05. The van der Waals surface area contributed by atoms with Crippen molar-refractivity contribution in [2.75, 3.05) is 18.4 Å². The molecule has 5 rings (SSSR count). The van der Waals surface area contributed by atoms with Crippen LogP contribution >= 0.6 is 11.6 Å². The minimum atomic E-state index is -0.337. The second kappa shape index (κ2) is 11.7. The van der Waals surface area contributed by atoms with Gasteiger partial charge in [0.2, 0.25) is 5.91 Å². The van der Waals surface area contributed by atoms with Crippen LogP contribution in [-0.4, -0.2) is 45.4 Å². The number of ether oxygens (including phenoxy) is 1. The van der Waals surface area contributed by atoms with Gasteiger partial charge in [-0.2, -0.15) is 0 Å². The van der Waals surface area contributed by atoms with Crippen molar-refractivity contribution < 1.29 is 14.3 Å². The molecule has 0 spiro atoms. The van der Waals surface area contributed by atoms with E-state index >= 15 is 0 Å². The Labute approximate surface area is 233 Å². The number of nitrogens with one attached hydrogen (secondary N) is 1. The summed E-state index contributed by atoms with van der Waals surface area (Å²) in [6.07, 6.45) is 2.04. The van der Waals surface area contributed by atoms with Gasteiger partial charge < -0.3 is 24.4 Å². The Morgan fingerprint density at radius 3 is 2.44 bits per heavy atom. The molecular weight excluding hydrogens is 512 g/mol. The number of amides is 3. The number of halogens is 1. The minimum Gasteiger partial charge on any atom is -0.457 e. The molecule has 0 bridgehead atoms. The lowest BCUT2D eigenvalue weighted by molar-refractivity contribution is -0.134. The van der Waals surface area contributed by atoms with Crippen molar-refractivity contribution in [3.05, 3.63) is 113 Å². The maximum atomic E-state index is 13.9. The summed E-state index contributed by atoms with van der Waals surface area (Å²) in [5.74, 6) is 1.32. The maximum absolute atomic E-state index is 13.9. The Hall–Kier alpha value is -4.23. The number of carbonyl (C=O) groups is 2. The average molecular weight is 543 g/mol. The third-order valence-electron chi connectivity index (χ3n) is 6.80. The summed E-state index contributed by atoms with van der Waals surface area (Å²) in [5, 5.41) is 3.47. The molecule has 1 aliphatic heterocycles. The SMILES string of the molecule is CC(C)N(CC(=O)N1CCn2cccc2C1c1cccc(Oc2ccccc2)c1)C(=O)Nc1ccc(Cl)cc1. The maximum Gasteiger partial charge on any atom is 0.322 e. The van der Waals surface area contributed by atoms with Crippen LogP contribution in [0.3, 0.4) is 0 Å². The predicted molar refractivity (Wildman–Crippen MR) is 153 cm³/mol. The van der Waals surface area contributed by atoms with Crippen molar-refractivity contribution in [2.24, 2.45) is 0 Å². The highest BCUT2D eigenvalue weighted by Crippen LogP contribution is 2.35. The van der Waals surface area contributed by atoms with Crippen LogP contribution in [0.2, 0.25) is 5.02 Å². The van der Waals surface area contributed by atoms with Crippen LogP contribution in [-0.2, 0) is 11.3 Å². The fraction of sp³-hybridized carbons (Fsp3) is 0.226. The highest BCUT2D eigenvalue weighted by Gasteiger charge is 2.34. The van der Waals surface area contributed by atoms with Gasteiger partial charge in [0, 0.05) is 41.7 Å². The Bertz CT molecular complexity index is 1440. The second-order valence-electron chi connectivity index (χ2n) is 9.76. The minimum absolute atomic E-state index is 0.0471. The van der Waals surface area contributed by atoms with Crippen LogP contribution in [0, 0.1) is 0 Å². The summed E-state index contributed by atoms with van der Waals surface area (Å²) in [6, 6.07) is 27.6. The summed E-state index contributed by atoms with van der Waals surface area (Å²) < 4.78 is 8.26. The van der Waals surface area contributed by atoms with E-state index in [9.17, 15) is 9.59 Å². The smallest absolute Gasteiger partial charge is 0.322 e. The number of para-hydroxylation sites is 1. The number of carbonyl (C=O) groups excluding carboxylic acids is 2. The quantitative estimate of drug-likeness (QED) is 0.279. The van der Waals surface area contributed by atoms with Crippen molar-refractivity contribution in [2.45, 2.75) is 32.5 Å². The first-order chi connectivity index (χ1) is 18.9. The molecule has 2 heterocycles. The van der Waals surface area contributed by atoms with Crippen LogP contribution < -0.4 is 10.1 Å². The lowest BCUT2D eigenvalue weighted by Crippen LogP contribution is -2.50. The number of benzene rings is 3. The standard InChI is InChI=1S/C31H31ClN4O3/c1-22(2)36(31(38)33-25-15-13-24(32)14-16-25)21-29(37)35-19-18-34-17-7-12-28(34)30(35)23-8-6-11-27(20-23)39-26-9-4-3-5-10-26/h3-17,20,22,30H,18-19,21H2,1-2H3,(H,33,38). The molecule has 3 aromatic carbocycles. The average Bonchev–Trinajstić information content (AvgIpc) is 3.42. The molecule has 200 valence electrons. The Balaban J connectivity index is 1.39. The van der Waals surface area contributed by atoms with E-state index in [1.54, 1.807) is 29.2 Å². The molecule has 8 heteroatoms. The fourth-order valence-corrected chi connectivity index (χ4v) is 4.96. The number of urea groups is 1. The van der Waals surface area contributed by atoms with Gasteiger partial charge in [0.1, 0.15) is 18.0 Å². The second-order valence-corrected chi connectivity index (χ2v) is 10.2. The summed E-state index contributed by atoms with van der Waals surface area (Å²) in [7, 11) is 0. The predicted octanol–water partition coefficient (Wildman–Crippen LogP) is 6.81. The molecule has 1 N–H and O–H groups in total. The van der Waals surface area contributed by atoms with Crippen molar-refractivity contribution in [1.29, 1.82) is 0 Å². The highest BCUT2D eigenvalue weighted by molar-refractivity contribution is 6.30. The molecule has 1 aromatic heterocycles. The molecule has 0 radical (unpaired) electrons. The van der Waals surface area contributed by atoms with Crippen molar-refractivity contribution in [3.63, 3.8) is 0 Å². The Morgan fingerprint density at radius 1 is 0.949 bits per heavy atom. The van der Waals surface area contributed by atoms with E-state index in [0.717, 1.165) is 17.0 Å². The van der Waals surface area contributed by atoms with E-state index < -0.39 is 0 Å². The number of hydrogen-bond donors (Lipinski definition) is 1. The van der Waals surface area contributed by atoms with Crippen molar-refractivity contribution in [3.8, 4) is 11.5 Å². The molecule has 0 aliphatic carbocycles. The molecule has 0 saturated carbocycles. The van der Waals surface area contributed by atoms with E-state index in [1.807, 2.05) is 91.7 Å². The number of hydrogen-bond acceptors (Lipinski definition) is 3. The summed E-state index contributed by atoms with van der Waals surface area (Å²) in [5.41, 5.74) is 2.58. The summed E-state index contributed by atoms with van der Waals surface area (Å²) in [4.78, 5) is 30.4. The van der Waals surface area contributed by atoms with Gasteiger partial charge in [-0.3, -0.25) is 4.79 Å². The molecule has 1 unspecified atom stereocenters. The van der Waals surface area contributed by atoms with Crippen LogP contribution in [0.25, 0.3) is 0 Å². The van der Waals surface area contributed by atoms with Crippen molar-refractivity contribution >= 4 is 29.2 Å². The van der Waals surface area contributed by atoms with Gasteiger partial charge in [0.25, 0.3) is 0 Å². The molecule has 1 atom stereocenters. The molecule has 0 saturated heterocycles. The van der Waals surface area contributed by atoms with Crippen LogP contribution in [0.1, 0.15) is 31.1 Å². The lowest BCUT2D eigenvalue weighted by atomic mass is 9.99. The van der Waals surface area contributed by atoms with Crippen LogP contribution in [0.5, 0.6) is 11.5 Å². The zero-order chi connectivity index (χ0) is 27.4. The number of aromatic nitrogens is 1. The Morgan fingerprint density at radius 2 is 1.69 bits per heavy atom. The topological polar surface area (TPSA) is 66.8 Å². The first-order valence-electron chi connectivity index (χ1n) is 13.0. The zero-order valence-electron chi connectivity index (χ0n) is 22.0. The van der Waals surface area contributed by atoms with Gasteiger partial charge in [0.15, 0.2) is 0 Å². The van der Waals surface area contributed by atoms with Crippen molar-refractivity contribution in [1.82, 2.24) is 14.4 Å². The van der Waals surface area contributed by atoms with Gasteiger partial charge in [-0.25, -0.2) is 4.79 Å². The number of fused-ring (bicyclic) bond motifs is 1. The zero-order valence-corrected chi connectivity index (χ0v) is 22.7. The third kappa shape index (κ3) is 6.10. The van der Waals surface area contributed by atoms with E-state index in [0.29, 0.717) is 29.5 Å². The first-order valence-corrected chi connectivity index (χ1v) is 13.4. The van der Waals surface area contributed by atoms with Gasteiger partial charge in [-0.05, 0) is 80.1 Å². The van der Waals surface area contributed by atoms with Gasteiger partial charge in [0.05, 0.1) is 6.04 Å². The fourth-order valence-electron chi connectivity index (χ4n) is 4.83. The molecule has 7 nitrogen and oxygen atoms in total. The molecular formula is C31H31ClN4O3. The normalized spacial score (nSPS) is 14.6. The highest BCUT2D eigenvalue weighted by atomic mass is 35.5. The molecule has 39 heavy (non-hydrogen) atoms. The van der Waals surface area contributed by atoms with Crippen LogP contribution in [0.4, 0.5) is 10.5 Å². The van der Waals surface area contributed by atoms with Gasteiger partial charge in [-0.1, -0.05) is 41.9 Å².